The van der Waals surface area contributed by atoms with Gasteiger partial charge in [-0.05, 0) is 31.5 Å². The molecule has 0 spiro atoms. The minimum Gasteiger partial charge on any atom is -0.465 e. The molecule has 1 heterocycles. The lowest BCUT2D eigenvalue weighted by molar-refractivity contribution is 0.556. The van der Waals surface area contributed by atoms with Crippen molar-refractivity contribution >= 4 is 17.5 Å². The van der Waals surface area contributed by atoms with E-state index in [1.165, 1.54) is 5.56 Å². The average molecular weight is 280 g/mol. The van der Waals surface area contributed by atoms with Gasteiger partial charge in [0.15, 0.2) is 0 Å². The molecule has 0 aliphatic carbocycles. The first kappa shape index (κ1) is 15.0. The zero-order valence-electron chi connectivity index (χ0n) is 12.7. The Balaban J connectivity index is 2.13. The van der Waals surface area contributed by atoms with Crippen LogP contribution in [0.15, 0.2) is 68.8 Å². The van der Waals surface area contributed by atoms with E-state index >= 15 is 0 Å². The van der Waals surface area contributed by atoms with Gasteiger partial charge in [-0.1, -0.05) is 30.3 Å². The Morgan fingerprint density at radius 1 is 1.10 bits per heavy atom. The summed E-state index contributed by atoms with van der Waals surface area (Å²) < 4.78 is 5.29. The van der Waals surface area contributed by atoms with Crippen molar-refractivity contribution in [2.75, 3.05) is 7.05 Å². The van der Waals surface area contributed by atoms with E-state index in [1.54, 1.807) is 6.26 Å². The molecular formula is C18H20N2O. The molecule has 3 heteroatoms. The normalized spacial score (nSPS) is 13.6. The van der Waals surface area contributed by atoms with Crippen LogP contribution >= 0.6 is 0 Å². The Kier molecular flexibility index (Phi) is 5.27. The van der Waals surface area contributed by atoms with E-state index in [-0.39, 0.29) is 0 Å². The lowest BCUT2D eigenvalue weighted by Crippen LogP contribution is -2.14. The van der Waals surface area contributed by atoms with Gasteiger partial charge in [0.2, 0.25) is 0 Å². The third-order valence-electron chi connectivity index (χ3n) is 3.14. The molecule has 21 heavy (non-hydrogen) atoms. The van der Waals surface area contributed by atoms with Gasteiger partial charge in [-0.3, -0.25) is 9.98 Å². The first-order chi connectivity index (χ1) is 10.2. The molecule has 0 unspecified atom stereocenters. The maximum atomic E-state index is 5.29. The van der Waals surface area contributed by atoms with Gasteiger partial charge in [0.25, 0.3) is 0 Å². The van der Waals surface area contributed by atoms with E-state index in [9.17, 15) is 0 Å². The molecule has 3 nitrogen and oxygen atoms in total. The molecule has 0 saturated heterocycles. The first-order valence-electron chi connectivity index (χ1n) is 6.96. The molecule has 0 N–H and O–H groups in total. The molecule has 0 aliphatic heterocycles. The largest absolute Gasteiger partial charge is 0.465 e. The molecule has 2 rings (SSSR count). The third kappa shape index (κ3) is 4.56. The Morgan fingerprint density at radius 2 is 1.86 bits per heavy atom. The summed E-state index contributed by atoms with van der Waals surface area (Å²) in [4.78, 5) is 8.97. The molecule has 108 valence electrons. The summed E-state index contributed by atoms with van der Waals surface area (Å²) in [6, 6.07) is 14.1. The van der Waals surface area contributed by atoms with Crippen molar-refractivity contribution in [1.29, 1.82) is 0 Å². The summed E-state index contributed by atoms with van der Waals surface area (Å²) in [5.74, 6) is 0.807. The minimum atomic E-state index is 0.792. The van der Waals surface area contributed by atoms with Crippen molar-refractivity contribution in [2.24, 2.45) is 9.98 Å². The van der Waals surface area contributed by atoms with Gasteiger partial charge in [-0.2, -0.15) is 0 Å². The number of allylic oxidation sites excluding steroid dienone is 1. The van der Waals surface area contributed by atoms with Crippen LogP contribution in [0.2, 0.25) is 0 Å². The van der Waals surface area contributed by atoms with Gasteiger partial charge < -0.3 is 4.42 Å². The maximum Gasteiger partial charge on any atom is 0.128 e. The molecule has 1 aromatic carbocycles. The van der Waals surface area contributed by atoms with Crippen LogP contribution in [0, 0.1) is 0 Å². The highest BCUT2D eigenvalue weighted by atomic mass is 16.3. The number of nitrogens with zero attached hydrogens (tertiary/aromatic N) is 2. The quantitative estimate of drug-likeness (QED) is 0.747. The zero-order valence-corrected chi connectivity index (χ0v) is 12.7. The monoisotopic (exact) mass is 280 g/mol. The molecule has 0 aliphatic rings. The van der Waals surface area contributed by atoms with E-state index in [0.29, 0.717) is 0 Å². The average Bonchev–Trinajstić information content (AvgIpc) is 2.98. The molecule has 0 saturated carbocycles. The van der Waals surface area contributed by atoms with Gasteiger partial charge >= 0.3 is 0 Å². The SMILES string of the molecule is CN=C(Cc1ccccc1)C(C)=N/C(C)=C\c1ccco1. The second-order valence-electron chi connectivity index (χ2n) is 4.83. The number of hydrogen-bond donors (Lipinski definition) is 0. The van der Waals surface area contributed by atoms with Crippen LogP contribution in [-0.4, -0.2) is 18.5 Å². The van der Waals surface area contributed by atoms with Crippen molar-refractivity contribution in [3.63, 3.8) is 0 Å². The second-order valence-corrected chi connectivity index (χ2v) is 4.83. The molecule has 0 atom stereocenters. The second kappa shape index (κ2) is 7.39. The van der Waals surface area contributed by atoms with Crippen LogP contribution in [0.4, 0.5) is 0 Å². The molecule has 0 bridgehead atoms. The van der Waals surface area contributed by atoms with Gasteiger partial charge in [0.1, 0.15) is 5.76 Å². The highest BCUT2D eigenvalue weighted by molar-refractivity contribution is 6.42. The van der Waals surface area contributed by atoms with Crippen LogP contribution in [0.5, 0.6) is 0 Å². The predicted octanol–water partition coefficient (Wildman–Crippen LogP) is 4.41. The van der Waals surface area contributed by atoms with Crippen molar-refractivity contribution in [3.8, 4) is 0 Å². The van der Waals surface area contributed by atoms with Crippen molar-refractivity contribution in [3.05, 3.63) is 65.7 Å². The van der Waals surface area contributed by atoms with E-state index in [2.05, 4.69) is 22.1 Å². The van der Waals surface area contributed by atoms with Gasteiger partial charge in [-0.25, -0.2) is 0 Å². The molecule has 0 fully saturated rings. The number of hydrogen-bond acceptors (Lipinski definition) is 3. The van der Waals surface area contributed by atoms with Gasteiger partial charge in [0.05, 0.1) is 17.7 Å². The highest BCUT2D eigenvalue weighted by Gasteiger charge is 2.05. The Labute approximate surface area is 125 Å². The zero-order chi connectivity index (χ0) is 15.1. The van der Waals surface area contributed by atoms with Crippen molar-refractivity contribution in [2.45, 2.75) is 20.3 Å². The molecular weight excluding hydrogens is 260 g/mol. The maximum absolute atomic E-state index is 5.29. The Hall–Kier alpha value is -2.42. The number of rotatable bonds is 5. The molecule has 0 radical (unpaired) electrons. The lowest BCUT2D eigenvalue weighted by Gasteiger charge is -2.06. The van der Waals surface area contributed by atoms with Crippen LogP contribution < -0.4 is 0 Å². The van der Waals surface area contributed by atoms with E-state index in [1.807, 2.05) is 57.3 Å². The van der Waals surface area contributed by atoms with Crippen LogP contribution in [0.25, 0.3) is 6.08 Å². The number of furan rings is 1. The minimum absolute atomic E-state index is 0.792. The highest BCUT2D eigenvalue weighted by Crippen LogP contribution is 2.09. The Morgan fingerprint density at radius 3 is 2.48 bits per heavy atom. The van der Waals surface area contributed by atoms with Gasteiger partial charge in [-0.15, -0.1) is 0 Å². The van der Waals surface area contributed by atoms with Crippen LogP contribution in [0.3, 0.4) is 0 Å². The number of benzene rings is 1. The van der Waals surface area contributed by atoms with E-state index in [4.69, 9.17) is 4.42 Å². The summed E-state index contributed by atoms with van der Waals surface area (Å²) in [6.45, 7) is 3.95. The lowest BCUT2D eigenvalue weighted by atomic mass is 10.1. The van der Waals surface area contributed by atoms with Crippen LogP contribution in [-0.2, 0) is 6.42 Å². The Bertz CT molecular complexity index is 650. The predicted molar refractivity (Wildman–Crippen MR) is 89.0 cm³/mol. The fourth-order valence-electron chi connectivity index (χ4n) is 2.10. The van der Waals surface area contributed by atoms with Crippen molar-refractivity contribution < 1.29 is 4.42 Å². The molecule has 1 aromatic heterocycles. The summed E-state index contributed by atoms with van der Waals surface area (Å²) in [6.07, 6.45) is 4.37. The summed E-state index contributed by atoms with van der Waals surface area (Å²) in [5, 5.41) is 0. The standard InChI is InChI=1S/C18H20N2O/c1-14(12-17-10-7-11-21-17)20-15(2)18(19-3)13-16-8-5-4-6-9-16/h4-12H,13H2,1-3H3/b14-12-,19-18?,20-15?. The fourth-order valence-corrected chi connectivity index (χ4v) is 2.10. The van der Waals surface area contributed by atoms with Crippen molar-refractivity contribution in [1.82, 2.24) is 0 Å². The molecule has 2 aromatic rings. The third-order valence-corrected chi connectivity index (χ3v) is 3.14. The van der Waals surface area contributed by atoms with E-state index < -0.39 is 0 Å². The summed E-state index contributed by atoms with van der Waals surface area (Å²) >= 11 is 0. The summed E-state index contributed by atoms with van der Waals surface area (Å²) in [5.41, 5.74) is 4.06. The van der Waals surface area contributed by atoms with E-state index in [0.717, 1.165) is 29.3 Å². The first-order valence-corrected chi connectivity index (χ1v) is 6.96. The number of aliphatic imine (C=N–C) groups is 2. The molecule has 0 amide bonds. The smallest absolute Gasteiger partial charge is 0.128 e. The topological polar surface area (TPSA) is 37.9 Å². The van der Waals surface area contributed by atoms with Gasteiger partial charge in [0, 0.05) is 25.2 Å². The summed E-state index contributed by atoms with van der Waals surface area (Å²) in [7, 11) is 1.81. The van der Waals surface area contributed by atoms with Crippen LogP contribution in [0.1, 0.15) is 25.2 Å². The fraction of sp³-hybridized carbons (Fsp3) is 0.222.